The zero-order valence-electron chi connectivity index (χ0n) is 12.2. The second-order valence-electron chi connectivity index (χ2n) is 5.26. The average Bonchev–Trinajstić information content (AvgIpc) is 2.87. The molecule has 1 aliphatic rings. The summed E-state index contributed by atoms with van der Waals surface area (Å²) in [5.74, 6) is -0.895. The van der Waals surface area contributed by atoms with Gasteiger partial charge in [-0.15, -0.1) is 0 Å². The summed E-state index contributed by atoms with van der Waals surface area (Å²) in [5.41, 5.74) is 0. The third-order valence-electron chi connectivity index (χ3n) is 3.44. The van der Waals surface area contributed by atoms with Crippen molar-refractivity contribution in [3.05, 3.63) is 0 Å². The Morgan fingerprint density at radius 3 is 2.65 bits per heavy atom. The molecule has 1 atom stereocenters. The molecule has 0 spiro atoms. The number of carbonyl (C=O) groups is 2. The number of ether oxygens (including phenoxy) is 1. The first-order chi connectivity index (χ1) is 9.61. The number of urea groups is 1. The molecular weight excluding hydrogens is 260 g/mol. The van der Waals surface area contributed by atoms with Crippen molar-refractivity contribution in [1.29, 1.82) is 0 Å². The van der Waals surface area contributed by atoms with Crippen LogP contribution in [0.1, 0.15) is 51.9 Å². The minimum atomic E-state index is -0.895. The minimum absolute atomic E-state index is 0.0418. The van der Waals surface area contributed by atoms with Gasteiger partial charge in [0, 0.05) is 12.6 Å². The molecule has 0 aliphatic heterocycles. The molecule has 1 rings (SSSR count). The highest BCUT2D eigenvalue weighted by atomic mass is 16.5. The van der Waals surface area contributed by atoms with Crippen LogP contribution in [0, 0.1) is 0 Å². The highest BCUT2D eigenvalue weighted by Crippen LogP contribution is 2.20. The summed E-state index contributed by atoms with van der Waals surface area (Å²) in [7, 11) is 0. The number of nitrogens with one attached hydrogen (secondary N) is 2. The quantitative estimate of drug-likeness (QED) is 0.565. The first-order valence-electron chi connectivity index (χ1n) is 7.49. The van der Waals surface area contributed by atoms with Gasteiger partial charge in [-0.25, -0.2) is 4.79 Å². The summed E-state index contributed by atoms with van der Waals surface area (Å²) < 4.78 is 5.63. The minimum Gasteiger partial charge on any atom is -0.481 e. The number of carbonyl (C=O) groups excluding carboxylic acids is 1. The lowest BCUT2D eigenvalue weighted by Gasteiger charge is -2.17. The van der Waals surface area contributed by atoms with Gasteiger partial charge >= 0.3 is 12.0 Å². The van der Waals surface area contributed by atoms with Gasteiger partial charge in [-0.3, -0.25) is 4.79 Å². The molecule has 0 heterocycles. The van der Waals surface area contributed by atoms with E-state index in [1.807, 2.05) is 6.92 Å². The van der Waals surface area contributed by atoms with Gasteiger partial charge < -0.3 is 20.5 Å². The number of aliphatic carboxylic acids is 1. The fourth-order valence-corrected chi connectivity index (χ4v) is 2.47. The molecule has 0 aromatic carbocycles. The van der Waals surface area contributed by atoms with Crippen molar-refractivity contribution in [3.63, 3.8) is 0 Å². The summed E-state index contributed by atoms with van der Waals surface area (Å²) in [4.78, 5) is 22.3. The van der Waals surface area contributed by atoms with E-state index in [2.05, 4.69) is 10.6 Å². The van der Waals surface area contributed by atoms with E-state index in [-0.39, 0.29) is 18.5 Å². The van der Waals surface area contributed by atoms with Gasteiger partial charge in [-0.05, 0) is 19.3 Å². The summed E-state index contributed by atoms with van der Waals surface area (Å²) >= 11 is 0. The number of hydrogen-bond acceptors (Lipinski definition) is 3. The first kappa shape index (κ1) is 16.8. The summed E-state index contributed by atoms with van der Waals surface area (Å²) in [5, 5.41) is 14.2. The zero-order chi connectivity index (χ0) is 14.8. The number of amides is 2. The van der Waals surface area contributed by atoms with E-state index in [4.69, 9.17) is 9.84 Å². The molecule has 6 heteroatoms. The van der Waals surface area contributed by atoms with Crippen molar-refractivity contribution in [2.75, 3.05) is 13.2 Å². The largest absolute Gasteiger partial charge is 0.481 e. The van der Waals surface area contributed by atoms with Gasteiger partial charge in [0.2, 0.25) is 0 Å². The molecule has 116 valence electrons. The van der Waals surface area contributed by atoms with E-state index < -0.39 is 5.97 Å². The van der Waals surface area contributed by atoms with E-state index in [0.29, 0.717) is 25.7 Å². The first-order valence-corrected chi connectivity index (χ1v) is 7.49. The average molecular weight is 286 g/mol. The van der Waals surface area contributed by atoms with Crippen LogP contribution in [0.2, 0.25) is 0 Å². The van der Waals surface area contributed by atoms with Crippen LogP contribution in [0.4, 0.5) is 4.79 Å². The third kappa shape index (κ3) is 7.33. The number of rotatable bonds is 9. The Labute approximate surface area is 120 Å². The van der Waals surface area contributed by atoms with Gasteiger partial charge in [0.1, 0.15) is 0 Å². The third-order valence-corrected chi connectivity index (χ3v) is 3.44. The highest BCUT2D eigenvalue weighted by molar-refractivity contribution is 5.75. The van der Waals surface area contributed by atoms with Crippen molar-refractivity contribution in [2.45, 2.75) is 64.0 Å². The highest BCUT2D eigenvalue weighted by Gasteiger charge is 2.16. The molecule has 1 fully saturated rings. The van der Waals surface area contributed by atoms with Gasteiger partial charge in [-0.2, -0.15) is 0 Å². The molecule has 1 unspecified atom stereocenters. The van der Waals surface area contributed by atoms with Crippen molar-refractivity contribution in [2.24, 2.45) is 0 Å². The van der Waals surface area contributed by atoms with Crippen molar-refractivity contribution >= 4 is 12.0 Å². The maximum absolute atomic E-state index is 11.6. The number of hydrogen-bond donors (Lipinski definition) is 3. The van der Waals surface area contributed by atoms with Crippen LogP contribution in [-0.4, -0.2) is 42.4 Å². The predicted molar refractivity (Wildman–Crippen MR) is 75.7 cm³/mol. The van der Waals surface area contributed by atoms with Crippen LogP contribution in [0.5, 0.6) is 0 Å². The molecule has 0 aromatic heterocycles. The maximum atomic E-state index is 11.6. The molecule has 3 N–H and O–H groups in total. The molecule has 1 aliphatic carbocycles. The Morgan fingerprint density at radius 1 is 1.35 bits per heavy atom. The molecule has 1 saturated carbocycles. The zero-order valence-corrected chi connectivity index (χ0v) is 12.2. The van der Waals surface area contributed by atoms with Crippen LogP contribution in [-0.2, 0) is 9.53 Å². The monoisotopic (exact) mass is 286 g/mol. The summed E-state index contributed by atoms with van der Waals surface area (Å²) in [6, 6.07) is -0.632. The van der Waals surface area contributed by atoms with Gasteiger partial charge in [-0.1, -0.05) is 26.2 Å². The summed E-state index contributed by atoms with van der Waals surface area (Å²) in [6.07, 6.45) is 6.49. The molecule has 2 amide bonds. The normalized spacial score (nSPS) is 16.9. The van der Waals surface area contributed by atoms with Crippen LogP contribution in [0.3, 0.4) is 0 Å². The smallest absolute Gasteiger partial charge is 0.315 e. The van der Waals surface area contributed by atoms with Crippen molar-refractivity contribution < 1.29 is 19.4 Å². The molecule has 20 heavy (non-hydrogen) atoms. The Balaban J connectivity index is 2.11. The number of carboxylic acid groups (broad SMARTS) is 1. The van der Waals surface area contributed by atoms with Crippen LogP contribution in [0.25, 0.3) is 0 Å². The lowest BCUT2D eigenvalue weighted by molar-refractivity contribution is -0.137. The Morgan fingerprint density at radius 2 is 2.05 bits per heavy atom. The molecule has 0 aromatic rings. The predicted octanol–water partition coefficient (Wildman–Crippen LogP) is 1.89. The van der Waals surface area contributed by atoms with E-state index in [0.717, 1.165) is 19.3 Å². The van der Waals surface area contributed by atoms with Gasteiger partial charge in [0.05, 0.1) is 19.1 Å². The lowest BCUT2D eigenvalue weighted by atomic mass is 10.1. The molecule has 0 saturated heterocycles. The Kier molecular flexibility index (Phi) is 8.02. The Hall–Kier alpha value is -1.30. The number of carboxylic acids is 1. The van der Waals surface area contributed by atoms with E-state index >= 15 is 0 Å². The molecular formula is C14H26N2O4. The second kappa shape index (κ2) is 9.58. The Bertz CT molecular complexity index is 304. The van der Waals surface area contributed by atoms with Crippen molar-refractivity contribution in [1.82, 2.24) is 10.6 Å². The maximum Gasteiger partial charge on any atom is 0.315 e. The van der Waals surface area contributed by atoms with Gasteiger partial charge in [0.25, 0.3) is 0 Å². The topological polar surface area (TPSA) is 87.7 Å². The summed E-state index contributed by atoms with van der Waals surface area (Å²) in [6.45, 7) is 2.92. The van der Waals surface area contributed by atoms with E-state index in [9.17, 15) is 9.59 Å². The molecule has 6 nitrogen and oxygen atoms in total. The lowest BCUT2D eigenvalue weighted by Crippen LogP contribution is -2.44. The second-order valence-corrected chi connectivity index (χ2v) is 5.26. The molecule has 0 radical (unpaired) electrons. The van der Waals surface area contributed by atoms with E-state index in [1.165, 1.54) is 12.8 Å². The van der Waals surface area contributed by atoms with Crippen LogP contribution in [0.15, 0.2) is 0 Å². The van der Waals surface area contributed by atoms with Crippen molar-refractivity contribution in [3.8, 4) is 0 Å². The molecule has 0 bridgehead atoms. The fraction of sp³-hybridized carbons (Fsp3) is 0.857. The standard InChI is InChI=1S/C14H26N2O4/c1-2-5-11(10-13(17)18)16-14(19)15-8-9-20-12-6-3-4-7-12/h11-12H,2-10H2,1H3,(H,17,18)(H2,15,16,19). The van der Waals surface area contributed by atoms with Gasteiger partial charge in [0.15, 0.2) is 0 Å². The fourth-order valence-electron chi connectivity index (χ4n) is 2.47. The van der Waals surface area contributed by atoms with Crippen LogP contribution < -0.4 is 10.6 Å². The van der Waals surface area contributed by atoms with Crippen LogP contribution >= 0.6 is 0 Å². The SMILES string of the molecule is CCCC(CC(=O)O)NC(=O)NCCOC1CCCC1. The van der Waals surface area contributed by atoms with E-state index in [1.54, 1.807) is 0 Å².